The Labute approximate surface area is 113 Å². The number of amides is 3. The molecule has 0 atom stereocenters. The van der Waals surface area contributed by atoms with Gasteiger partial charge in [0.05, 0.1) is 5.41 Å². The Balaban J connectivity index is 2.78. The summed E-state index contributed by atoms with van der Waals surface area (Å²) in [6, 6.07) is -0.417. The van der Waals surface area contributed by atoms with E-state index < -0.39 is 23.0 Å². The summed E-state index contributed by atoms with van der Waals surface area (Å²) in [5.74, 6) is -0.790. The molecule has 0 saturated carbocycles. The standard InChI is InChI=1S/C13H22N2O4/c1-7-15-11(18)14(9(16)13(15,5)6)8-19-10(17)12(2,3)4/h7-8H2,1-6H3. The molecular weight excluding hydrogens is 248 g/mol. The number of rotatable bonds is 3. The SMILES string of the molecule is CCN1C(=O)N(COC(=O)C(C)(C)C)C(=O)C1(C)C. The Bertz CT molecular complexity index is 409. The summed E-state index contributed by atoms with van der Waals surface area (Å²) < 4.78 is 5.04. The van der Waals surface area contributed by atoms with Gasteiger partial charge in [0.1, 0.15) is 5.54 Å². The Morgan fingerprint density at radius 2 is 1.79 bits per heavy atom. The van der Waals surface area contributed by atoms with Crippen LogP contribution in [0.3, 0.4) is 0 Å². The third-order valence-corrected chi connectivity index (χ3v) is 3.16. The number of ether oxygens (including phenoxy) is 1. The molecule has 3 amide bonds. The lowest BCUT2D eigenvalue weighted by Gasteiger charge is -2.25. The van der Waals surface area contributed by atoms with E-state index in [1.54, 1.807) is 41.5 Å². The summed E-state index contributed by atoms with van der Waals surface area (Å²) in [5.41, 5.74) is -1.55. The monoisotopic (exact) mass is 270 g/mol. The van der Waals surface area contributed by atoms with Gasteiger partial charge in [-0.25, -0.2) is 9.69 Å². The second-order valence-electron chi connectivity index (χ2n) is 6.13. The molecule has 0 bridgehead atoms. The molecule has 1 aliphatic heterocycles. The van der Waals surface area contributed by atoms with Gasteiger partial charge < -0.3 is 9.64 Å². The molecular formula is C13H22N2O4. The van der Waals surface area contributed by atoms with E-state index in [2.05, 4.69) is 0 Å². The van der Waals surface area contributed by atoms with Gasteiger partial charge in [0, 0.05) is 6.54 Å². The molecule has 19 heavy (non-hydrogen) atoms. The zero-order chi connectivity index (χ0) is 15.0. The van der Waals surface area contributed by atoms with Crippen molar-refractivity contribution in [3.05, 3.63) is 0 Å². The molecule has 1 rings (SSSR count). The van der Waals surface area contributed by atoms with Gasteiger partial charge in [0.25, 0.3) is 5.91 Å². The Morgan fingerprint density at radius 3 is 2.16 bits per heavy atom. The van der Waals surface area contributed by atoms with Gasteiger partial charge in [0.2, 0.25) is 0 Å². The molecule has 6 nitrogen and oxygen atoms in total. The van der Waals surface area contributed by atoms with E-state index in [1.807, 2.05) is 0 Å². The molecule has 0 aromatic heterocycles. The van der Waals surface area contributed by atoms with Crippen molar-refractivity contribution in [2.24, 2.45) is 5.41 Å². The van der Waals surface area contributed by atoms with Crippen molar-refractivity contribution in [3.63, 3.8) is 0 Å². The fraction of sp³-hybridized carbons (Fsp3) is 0.769. The minimum atomic E-state index is -0.889. The van der Waals surface area contributed by atoms with Crippen LogP contribution in [0.25, 0.3) is 0 Å². The fourth-order valence-electron chi connectivity index (χ4n) is 1.90. The number of likely N-dealkylation sites (N-methyl/N-ethyl adjacent to an activating group) is 1. The first-order chi connectivity index (χ1) is 8.53. The minimum Gasteiger partial charge on any atom is -0.443 e. The van der Waals surface area contributed by atoms with E-state index in [4.69, 9.17) is 4.74 Å². The normalized spacial score (nSPS) is 19.1. The average molecular weight is 270 g/mol. The van der Waals surface area contributed by atoms with Gasteiger partial charge in [-0.1, -0.05) is 0 Å². The smallest absolute Gasteiger partial charge is 0.330 e. The Hall–Kier alpha value is -1.59. The van der Waals surface area contributed by atoms with Crippen LogP contribution in [0.1, 0.15) is 41.5 Å². The lowest BCUT2D eigenvalue weighted by Crippen LogP contribution is -2.44. The van der Waals surface area contributed by atoms with Gasteiger partial charge in [-0.05, 0) is 41.5 Å². The van der Waals surface area contributed by atoms with Gasteiger partial charge in [-0.2, -0.15) is 0 Å². The molecule has 108 valence electrons. The molecule has 0 unspecified atom stereocenters. The first-order valence-corrected chi connectivity index (χ1v) is 6.34. The highest BCUT2D eigenvalue weighted by Gasteiger charge is 2.50. The number of esters is 1. The summed E-state index contributed by atoms with van der Waals surface area (Å²) >= 11 is 0. The number of urea groups is 1. The van der Waals surface area contributed by atoms with Crippen molar-refractivity contribution in [3.8, 4) is 0 Å². The second kappa shape index (κ2) is 4.83. The maximum atomic E-state index is 12.1. The van der Waals surface area contributed by atoms with Crippen LogP contribution in [0.4, 0.5) is 4.79 Å². The summed E-state index contributed by atoms with van der Waals surface area (Å²) in [5, 5.41) is 0. The summed E-state index contributed by atoms with van der Waals surface area (Å²) in [6.45, 7) is 10.4. The van der Waals surface area contributed by atoms with E-state index in [9.17, 15) is 14.4 Å². The molecule has 0 aromatic rings. The van der Waals surface area contributed by atoms with Gasteiger partial charge in [-0.15, -0.1) is 0 Å². The summed E-state index contributed by atoms with van der Waals surface area (Å²) in [6.07, 6.45) is 0. The number of nitrogens with zero attached hydrogens (tertiary/aromatic N) is 2. The first-order valence-electron chi connectivity index (χ1n) is 6.34. The van der Waals surface area contributed by atoms with Crippen molar-refractivity contribution in [1.82, 2.24) is 9.80 Å². The van der Waals surface area contributed by atoms with E-state index >= 15 is 0 Å². The average Bonchev–Trinajstić information content (AvgIpc) is 2.42. The third kappa shape index (κ3) is 2.72. The molecule has 1 aliphatic rings. The highest BCUT2D eigenvalue weighted by atomic mass is 16.5. The van der Waals surface area contributed by atoms with Crippen molar-refractivity contribution >= 4 is 17.9 Å². The topological polar surface area (TPSA) is 66.9 Å². The van der Waals surface area contributed by atoms with Crippen molar-refractivity contribution < 1.29 is 19.1 Å². The Morgan fingerprint density at radius 1 is 1.26 bits per heavy atom. The maximum absolute atomic E-state index is 12.1. The molecule has 6 heteroatoms. The quantitative estimate of drug-likeness (QED) is 0.577. The molecule has 0 N–H and O–H groups in total. The molecule has 1 saturated heterocycles. The third-order valence-electron chi connectivity index (χ3n) is 3.16. The predicted molar refractivity (Wildman–Crippen MR) is 69.1 cm³/mol. The minimum absolute atomic E-state index is 0.326. The molecule has 1 heterocycles. The van der Waals surface area contributed by atoms with Gasteiger partial charge in [-0.3, -0.25) is 9.59 Å². The van der Waals surface area contributed by atoms with Crippen LogP contribution in [0.5, 0.6) is 0 Å². The highest BCUT2D eigenvalue weighted by molar-refractivity contribution is 6.06. The lowest BCUT2D eigenvalue weighted by atomic mass is 9.98. The number of hydrogen-bond donors (Lipinski definition) is 0. The second-order valence-corrected chi connectivity index (χ2v) is 6.13. The number of imide groups is 1. The summed E-state index contributed by atoms with van der Waals surface area (Å²) in [7, 11) is 0. The van der Waals surface area contributed by atoms with E-state index in [0.29, 0.717) is 6.54 Å². The molecule has 0 spiro atoms. The van der Waals surface area contributed by atoms with Crippen molar-refractivity contribution in [2.75, 3.05) is 13.3 Å². The number of carbonyl (C=O) groups excluding carboxylic acids is 3. The van der Waals surface area contributed by atoms with Crippen LogP contribution in [0.15, 0.2) is 0 Å². The molecule has 1 fully saturated rings. The van der Waals surface area contributed by atoms with E-state index in [-0.39, 0.29) is 12.6 Å². The lowest BCUT2D eigenvalue weighted by molar-refractivity contribution is -0.158. The molecule has 0 aliphatic carbocycles. The first kappa shape index (κ1) is 15.5. The molecule has 0 radical (unpaired) electrons. The summed E-state index contributed by atoms with van der Waals surface area (Å²) in [4.78, 5) is 38.3. The van der Waals surface area contributed by atoms with E-state index in [0.717, 1.165) is 4.90 Å². The maximum Gasteiger partial charge on any atom is 0.330 e. The number of hydrogen-bond acceptors (Lipinski definition) is 4. The zero-order valence-electron chi connectivity index (χ0n) is 12.4. The highest BCUT2D eigenvalue weighted by Crippen LogP contribution is 2.27. The number of carbonyl (C=O) groups is 3. The van der Waals surface area contributed by atoms with Crippen LogP contribution < -0.4 is 0 Å². The van der Waals surface area contributed by atoms with Crippen LogP contribution in [0, 0.1) is 5.41 Å². The largest absolute Gasteiger partial charge is 0.443 e. The molecule has 0 aromatic carbocycles. The van der Waals surface area contributed by atoms with Crippen LogP contribution in [-0.4, -0.2) is 46.5 Å². The van der Waals surface area contributed by atoms with Gasteiger partial charge in [0.15, 0.2) is 6.73 Å². The van der Waals surface area contributed by atoms with E-state index in [1.165, 1.54) is 4.90 Å². The van der Waals surface area contributed by atoms with Gasteiger partial charge >= 0.3 is 12.0 Å². The van der Waals surface area contributed by atoms with Crippen molar-refractivity contribution in [1.29, 1.82) is 0 Å². The van der Waals surface area contributed by atoms with Crippen molar-refractivity contribution in [2.45, 2.75) is 47.1 Å². The fourth-order valence-corrected chi connectivity index (χ4v) is 1.90. The van der Waals surface area contributed by atoms with Crippen LogP contribution in [-0.2, 0) is 14.3 Å². The predicted octanol–water partition coefficient (Wildman–Crippen LogP) is 1.60. The zero-order valence-corrected chi connectivity index (χ0v) is 12.4. The Kier molecular flexibility index (Phi) is 3.93. The van der Waals surface area contributed by atoms with Crippen LogP contribution >= 0.6 is 0 Å². The van der Waals surface area contributed by atoms with Crippen LogP contribution in [0.2, 0.25) is 0 Å².